The van der Waals surface area contributed by atoms with E-state index in [9.17, 15) is 4.79 Å². The molecule has 1 saturated carbocycles. The van der Waals surface area contributed by atoms with Crippen molar-refractivity contribution in [3.8, 4) is 0 Å². The Bertz CT molecular complexity index is 207. The minimum atomic E-state index is -0.325. The lowest BCUT2D eigenvalue weighted by Crippen LogP contribution is -2.48. The maximum atomic E-state index is 11.1. The molecule has 2 unspecified atom stereocenters. The number of methoxy groups -OCH3 is 3. The number of hydrogen-bond acceptors (Lipinski definition) is 4. The van der Waals surface area contributed by atoms with E-state index in [0.29, 0.717) is 12.8 Å². The Balaban J connectivity index is 2.73. The summed E-state index contributed by atoms with van der Waals surface area (Å²) < 4.78 is 15.9. The van der Waals surface area contributed by atoms with Gasteiger partial charge in [0.15, 0.2) is 0 Å². The predicted octanol–water partition coefficient (Wildman–Crippen LogP) is 1.21. The van der Waals surface area contributed by atoms with Gasteiger partial charge >= 0.3 is 0 Å². The second-order valence-corrected chi connectivity index (χ2v) is 4.09. The highest BCUT2D eigenvalue weighted by atomic mass is 35.5. The fraction of sp³-hybridized carbons (Fsp3) is 0.900. The lowest BCUT2D eigenvalue weighted by molar-refractivity contribution is -0.147. The Kier molecular flexibility index (Phi) is 4.99. The van der Waals surface area contributed by atoms with E-state index >= 15 is 0 Å². The van der Waals surface area contributed by atoms with Gasteiger partial charge in [0.05, 0.1) is 12.2 Å². The van der Waals surface area contributed by atoms with E-state index in [1.54, 1.807) is 21.3 Å². The molecule has 2 atom stereocenters. The molecule has 1 aliphatic rings. The minimum absolute atomic E-state index is 0.132. The van der Waals surface area contributed by atoms with Crippen LogP contribution in [-0.2, 0) is 19.0 Å². The number of carbonyl (C=O) groups is 1. The van der Waals surface area contributed by atoms with Gasteiger partial charge in [0.1, 0.15) is 6.10 Å². The third-order valence-corrected chi connectivity index (χ3v) is 3.27. The molecule has 1 fully saturated rings. The Hall–Kier alpha value is -0.160. The zero-order chi connectivity index (χ0) is 11.4. The Morgan fingerprint density at radius 2 is 1.53 bits per heavy atom. The summed E-state index contributed by atoms with van der Waals surface area (Å²) in [6, 6.07) is 0. The van der Waals surface area contributed by atoms with Crippen LogP contribution in [0.2, 0.25) is 0 Å². The van der Waals surface area contributed by atoms with Crippen molar-refractivity contribution in [2.24, 2.45) is 5.92 Å². The van der Waals surface area contributed by atoms with E-state index in [-0.39, 0.29) is 29.5 Å². The predicted molar refractivity (Wildman–Crippen MR) is 56.0 cm³/mol. The Morgan fingerprint density at radius 1 is 1.07 bits per heavy atom. The Labute approximate surface area is 94.8 Å². The highest BCUT2D eigenvalue weighted by molar-refractivity contribution is 6.64. The standard InChI is InChI=1S/C10H17ClO4/c1-13-7-4-6(10(11)12)5-8(14-2)9(7)15-3/h6-9H,4-5H2,1-3H3. The van der Waals surface area contributed by atoms with E-state index in [1.165, 1.54) is 0 Å². The van der Waals surface area contributed by atoms with Crippen LogP contribution < -0.4 is 0 Å². The highest BCUT2D eigenvalue weighted by Crippen LogP contribution is 2.31. The Morgan fingerprint density at radius 3 is 1.80 bits per heavy atom. The first-order valence-electron chi connectivity index (χ1n) is 4.91. The van der Waals surface area contributed by atoms with Crippen molar-refractivity contribution in [1.29, 1.82) is 0 Å². The van der Waals surface area contributed by atoms with Gasteiger partial charge in [0, 0.05) is 27.2 Å². The summed E-state index contributed by atoms with van der Waals surface area (Å²) in [7, 11) is 4.82. The average Bonchev–Trinajstić information content (AvgIpc) is 2.26. The van der Waals surface area contributed by atoms with Crippen molar-refractivity contribution in [2.45, 2.75) is 31.2 Å². The van der Waals surface area contributed by atoms with Crippen LogP contribution in [0, 0.1) is 5.92 Å². The summed E-state index contributed by atoms with van der Waals surface area (Å²) in [6.45, 7) is 0. The first-order valence-corrected chi connectivity index (χ1v) is 5.29. The van der Waals surface area contributed by atoms with Crippen LogP contribution in [-0.4, -0.2) is 44.9 Å². The van der Waals surface area contributed by atoms with Gasteiger partial charge in [-0.2, -0.15) is 0 Å². The SMILES string of the molecule is COC1CC(C(=O)Cl)CC(OC)C1OC. The van der Waals surface area contributed by atoms with E-state index in [1.807, 2.05) is 0 Å². The summed E-state index contributed by atoms with van der Waals surface area (Å²) in [6.07, 6.45) is 0.782. The minimum Gasteiger partial charge on any atom is -0.379 e. The van der Waals surface area contributed by atoms with Crippen molar-refractivity contribution >= 4 is 16.8 Å². The van der Waals surface area contributed by atoms with E-state index in [0.717, 1.165) is 0 Å². The van der Waals surface area contributed by atoms with Crippen molar-refractivity contribution < 1.29 is 19.0 Å². The van der Waals surface area contributed by atoms with Gasteiger partial charge < -0.3 is 14.2 Å². The third-order valence-electron chi connectivity index (χ3n) is 2.97. The second-order valence-electron chi connectivity index (χ2n) is 3.72. The molecule has 1 rings (SSSR count). The fourth-order valence-electron chi connectivity index (χ4n) is 2.11. The maximum Gasteiger partial charge on any atom is 0.224 e. The zero-order valence-corrected chi connectivity index (χ0v) is 9.99. The van der Waals surface area contributed by atoms with Gasteiger partial charge in [-0.3, -0.25) is 4.79 Å². The molecule has 1 aliphatic carbocycles. The summed E-state index contributed by atoms with van der Waals surface area (Å²) in [5, 5.41) is -0.325. The van der Waals surface area contributed by atoms with E-state index < -0.39 is 0 Å². The number of rotatable bonds is 4. The van der Waals surface area contributed by atoms with Crippen molar-refractivity contribution in [2.75, 3.05) is 21.3 Å². The molecule has 0 N–H and O–H groups in total. The smallest absolute Gasteiger partial charge is 0.224 e. The van der Waals surface area contributed by atoms with Gasteiger partial charge in [-0.25, -0.2) is 0 Å². The molecule has 0 bridgehead atoms. The number of ether oxygens (including phenoxy) is 3. The maximum absolute atomic E-state index is 11.1. The molecular weight excluding hydrogens is 220 g/mol. The monoisotopic (exact) mass is 236 g/mol. The van der Waals surface area contributed by atoms with Gasteiger partial charge in [0.2, 0.25) is 5.24 Å². The van der Waals surface area contributed by atoms with E-state index in [2.05, 4.69) is 0 Å². The van der Waals surface area contributed by atoms with Crippen LogP contribution in [0.4, 0.5) is 0 Å². The van der Waals surface area contributed by atoms with Crippen LogP contribution in [0.5, 0.6) is 0 Å². The summed E-state index contributed by atoms with van der Waals surface area (Å²) in [4.78, 5) is 11.1. The second kappa shape index (κ2) is 5.80. The normalized spacial score (nSPS) is 36.5. The number of halogens is 1. The zero-order valence-electron chi connectivity index (χ0n) is 9.23. The fourth-order valence-corrected chi connectivity index (χ4v) is 2.29. The summed E-state index contributed by atoms with van der Waals surface area (Å²) in [5.74, 6) is -0.201. The molecule has 0 heterocycles. The summed E-state index contributed by atoms with van der Waals surface area (Å²) in [5.41, 5.74) is 0. The summed E-state index contributed by atoms with van der Waals surface area (Å²) >= 11 is 5.50. The number of hydrogen-bond donors (Lipinski definition) is 0. The largest absolute Gasteiger partial charge is 0.379 e. The molecular formula is C10H17ClO4. The number of carbonyl (C=O) groups excluding carboxylic acids is 1. The average molecular weight is 237 g/mol. The lowest BCUT2D eigenvalue weighted by Gasteiger charge is -2.38. The van der Waals surface area contributed by atoms with Crippen LogP contribution in [0.15, 0.2) is 0 Å². The van der Waals surface area contributed by atoms with Gasteiger partial charge in [-0.15, -0.1) is 0 Å². The van der Waals surface area contributed by atoms with Gasteiger partial charge in [-0.1, -0.05) is 0 Å². The van der Waals surface area contributed by atoms with Crippen LogP contribution >= 0.6 is 11.6 Å². The molecule has 0 spiro atoms. The molecule has 0 aromatic carbocycles. The van der Waals surface area contributed by atoms with Gasteiger partial charge in [-0.05, 0) is 24.4 Å². The molecule has 0 amide bonds. The van der Waals surface area contributed by atoms with Crippen molar-refractivity contribution in [1.82, 2.24) is 0 Å². The van der Waals surface area contributed by atoms with Gasteiger partial charge in [0.25, 0.3) is 0 Å². The molecule has 4 nitrogen and oxygen atoms in total. The first-order chi connectivity index (χ1) is 7.13. The molecule has 88 valence electrons. The lowest BCUT2D eigenvalue weighted by atomic mass is 9.83. The topological polar surface area (TPSA) is 44.8 Å². The van der Waals surface area contributed by atoms with Crippen LogP contribution in [0.25, 0.3) is 0 Å². The third kappa shape index (κ3) is 2.91. The highest BCUT2D eigenvalue weighted by Gasteiger charge is 2.40. The first kappa shape index (κ1) is 12.9. The molecule has 0 aromatic rings. The van der Waals surface area contributed by atoms with E-state index in [4.69, 9.17) is 25.8 Å². The van der Waals surface area contributed by atoms with Crippen LogP contribution in [0.3, 0.4) is 0 Å². The molecule has 0 aromatic heterocycles. The molecule has 5 heteroatoms. The van der Waals surface area contributed by atoms with Crippen molar-refractivity contribution in [3.63, 3.8) is 0 Å². The quantitative estimate of drug-likeness (QED) is 0.689. The van der Waals surface area contributed by atoms with Crippen LogP contribution in [0.1, 0.15) is 12.8 Å². The molecule has 0 radical (unpaired) electrons. The molecule has 15 heavy (non-hydrogen) atoms. The van der Waals surface area contributed by atoms with Crippen molar-refractivity contribution in [3.05, 3.63) is 0 Å². The molecule has 0 saturated heterocycles. The molecule has 0 aliphatic heterocycles.